The molecule has 0 heterocycles. The Kier molecular flexibility index (Phi) is 10.8. The predicted octanol–water partition coefficient (Wildman–Crippen LogP) is 6.23. The van der Waals surface area contributed by atoms with E-state index in [4.69, 9.17) is 0 Å². The summed E-state index contributed by atoms with van der Waals surface area (Å²) < 4.78 is 0. The zero-order valence-electron chi connectivity index (χ0n) is 32.5. The third-order valence-corrected chi connectivity index (χ3v) is 59.8. The summed E-state index contributed by atoms with van der Waals surface area (Å²) in [7, 11) is -11.5. The third-order valence-electron chi connectivity index (χ3n) is 12.0. The lowest BCUT2D eigenvalue weighted by atomic mass is 10.3. The van der Waals surface area contributed by atoms with Gasteiger partial charge in [0.15, 0.2) is 0 Å². The minimum atomic E-state index is -3.20. The molecule has 9 aromatic carbocycles. The van der Waals surface area contributed by atoms with Crippen molar-refractivity contribution in [2.24, 2.45) is 0 Å². The molecule has 0 saturated carbocycles. The van der Waals surface area contributed by atoms with E-state index in [0.29, 0.717) is 0 Å². The van der Waals surface area contributed by atoms with E-state index in [1.807, 2.05) is 0 Å². The van der Waals surface area contributed by atoms with Gasteiger partial charge in [-0.1, -0.05) is 320 Å². The van der Waals surface area contributed by atoms with E-state index < -0.39 is 30.1 Å². The molecule has 277 valence electrons. The van der Waals surface area contributed by atoms with Crippen molar-refractivity contribution in [1.82, 2.24) is 0 Å². The largest absolute Gasteiger partial charge is 0.134 e. The van der Waals surface area contributed by atoms with Crippen LogP contribution in [0.1, 0.15) is 0 Å². The normalized spacial score (nSPS) is 11.9. The summed E-state index contributed by atoms with van der Waals surface area (Å²) >= 11 is 0. The van der Waals surface area contributed by atoms with Crippen LogP contribution in [0.3, 0.4) is 0 Å². The monoisotopic (exact) mass is 805 g/mol. The summed E-state index contributed by atoms with van der Waals surface area (Å²) in [5.74, 6) is 0. The van der Waals surface area contributed by atoms with Crippen LogP contribution in [-0.2, 0) is 0 Å². The molecule has 0 aliphatic rings. The number of hydrogen-bond acceptors (Lipinski definition) is 0. The van der Waals surface area contributed by atoms with Crippen LogP contribution in [0.2, 0.25) is 0 Å². The van der Waals surface area contributed by atoms with Crippen LogP contribution in [0, 0.1) is 0 Å². The van der Waals surface area contributed by atoms with Crippen LogP contribution in [0.4, 0.5) is 0 Å². The Morgan fingerprint density at radius 3 is 0.362 bits per heavy atom. The molecule has 0 unspecified atom stereocenters. The van der Waals surface area contributed by atoms with Crippen LogP contribution in [0.25, 0.3) is 0 Å². The SMILES string of the molecule is c1ccc([Si](c2ccccc2)(c2ccccc2)[Si]([Si](c2ccccc2)(c2ccccc2)c2ccccc2)[Si](c2ccccc2)(c2ccccc2)c2ccccc2)cc1. The van der Waals surface area contributed by atoms with E-state index in [1.54, 1.807) is 0 Å². The lowest BCUT2D eigenvalue weighted by Gasteiger charge is -2.57. The second-order valence-electron chi connectivity index (χ2n) is 14.9. The zero-order chi connectivity index (χ0) is 39.1. The summed E-state index contributed by atoms with van der Waals surface area (Å²) in [6.07, 6.45) is 0. The Labute approximate surface area is 347 Å². The quantitative estimate of drug-likeness (QED) is 0.102. The van der Waals surface area contributed by atoms with Gasteiger partial charge in [0.1, 0.15) is 22.8 Å². The van der Waals surface area contributed by atoms with Crippen molar-refractivity contribution in [1.29, 1.82) is 0 Å². The van der Waals surface area contributed by atoms with Gasteiger partial charge in [-0.05, 0) is 0 Å². The van der Waals surface area contributed by atoms with Crippen LogP contribution < -0.4 is 46.7 Å². The van der Waals surface area contributed by atoms with Gasteiger partial charge >= 0.3 is 0 Å². The highest BCUT2D eigenvalue weighted by atomic mass is 29.9. The minimum Gasteiger partial charge on any atom is -0.0625 e. The molecule has 0 N–H and O–H groups in total. The minimum absolute atomic E-state index is 1.47. The molecule has 0 saturated heterocycles. The Morgan fingerprint density at radius 1 is 0.155 bits per heavy atom. The van der Waals surface area contributed by atoms with E-state index in [1.165, 1.54) is 46.7 Å². The number of hydrogen-bond donors (Lipinski definition) is 0. The molecule has 0 aliphatic heterocycles. The van der Waals surface area contributed by atoms with E-state index in [0.717, 1.165) is 0 Å². The van der Waals surface area contributed by atoms with Gasteiger partial charge in [-0.25, -0.2) is 0 Å². The predicted molar refractivity (Wildman–Crippen MR) is 258 cm³/mol. The summed E-state index contributed by atoms with van der Waals surface area (Å²) in [6, 6.07) is 106. The molecule has 9 aromatic rings. The fourth-order valence-electron chi connectivity index (χ4n) is 9.84. The highest BCUT2D eigenvalue weighted by molar-refractivity contribution is 7.96. The molecule has 0 spiro atoms. The highest BCUT2D eigenvalue weighted by Gasteiger charge is 2.69. The Hall–Kier alpha value is -6.15. The van der Waals surface area contributed by atoms with Crippen molar-refractivity contribution in [3.8, 4) is 0 Å². The van der Waals surface area contributed by atoms with Gasteiger partial charge in [0.25, 0.3) is 0 Å². The molecule has 9 rings (SSSR count). The van der Waals surface area contributed by atoms with Crippen molar-refractivity contribution in [2.75, 3.05) is 0 Å². The summed E-state index contributed by atoms with van der Waals surface area (Å²) in [4.78, 5) is 0. The molecule has 0 atom stereocenters. The third kappa shape index (κ3) is 6.26. The first-order valence-corrected chi connectivity index (χ1v) is 30.7. The lowest BCUT2D eigenvalue weighted by molar-refractivity contribution is 1.68. The van der Waals surface area contributed by atoms with Crippen LogP contribution in [-0.4, -0.2) is 30.1 Å². The molecule has 0 fully saturated rings. The van der Waals surface area contributed by atoms with Gasteiger partial charge in [0.05, 0.1) is 7.35 Å². The molecule has 0 bridgehead atoms. The first kappa shape index (κ1) is 37.4. The maximum atomic E-state index is 2.50. The van der Waals surface area contributed by atoms with Crippen LogP contribution in [0.15, 0.2) is 273 Å². The van der Waals surface area contributed by atoms with E-state index >= 15 is 0 Å². The van der Waals surface area contributed by atoms with Gasteiger partial charge in [0.2, 0.25) is 0 Å². The highest BCUT2D eigenvalue weighted by Crippen LogP contribution is 2.29. The van der Waals surface area contributed by atoms with Crippen molar-refractivity contribution in [3.05, 3.63) is 273 Å². The maximum absolute atomic E-state index is 3.20. The molecule has 0 aromatic heterocycles. The van der Waals surface area contributed by atoms with Crippen molar-refractivity contribution in [2.45, 2.75) is 0 Å². The summed E-state index contributed by atoms with van der Waals surface area (Å²) in [6.45, 7) is 0. The van der Waals surface area contributed by atoms with Crippen molar-refractivity contribution < 1.29 is 0 Å². The molecule has 0 aliphatic carbocycles. The summed E-state index contributed by atoms with van der Waals surface area (Å²) in [5, 5.41) is 13.3. The lowest BCUT2D eigenvalue weighted by Crippen LogP contribution is -3.01. The van der Waals surface area contributed by atoms with Crippen molar-refractivity contribution >= 4 is 76.8 Å². The first-order chi connectivity index (χ1) is 28.8. The Bertz CT molecular complexity index is 2040. The fourth-order valence-corrected chi connectivity index (χ4v) is 79.3. The molecular weight excluding hydrogens is 761 g/mol. The van der Waals surface area contributed by atoms with Gasteiger partial charge in [-0.15, -0.1) is 0 Å². The second kappa shape index (κ2) is 16.8. The van der Waals surface area contributed by atoms with E-state index in [-0.39, 0.29) is 0 Å². The average Bonchev–Trinajstić information content (AvgIpc) is 3.33. The molecule has 0 nitrogen and oxygen atoms in total. The van der Waals surface area contributed by atoms with Crippen LogP contribution >= 0.6 is 0 Å². The maximum Gasteiger partial charge on any atom is 0.134 e. The Balaban J connectivity index is 1.68. The smallest absolute Gasteiger partial charge is 0.0625 e. The molecule has 0 amide bonds. The van der Waals surface area contributed by atoms with Gasteiger partial charge in [-0.2, -0.15) is 0 Å². The molecular formula is C54H45Si4. The molecule has 58 heavy (non-hydrogen) atoms. The van der Waals surface area contributed by atoms with Gasteiger partial charge < -0.3 is 0 Å². The van der Waals surface area contributed by atoms with Crippen LogP contribution in [0.5, 0.6) is 0 Å². The summed E-state index contributed by atoms with van der Waals surface area (Å²) in [5.41, 5.74) is 0. The Morgan fingerprint density at radius 2 is 0.259 bits per heavy atom. The number of benzene rings is 9. The fraction of sp³-hybridized carbons (Fsp3) is 0. The first-order valence-electron chi connectivity index (χ1n) is 20.2. The molecule has 4 heteroatoms. The standard InChI is InChI=1S/C54H45Si4/c1-10-28-46(29-11-1)56(47-30-12-2-13-31-47,48-32-14-3-15-33-48)55(57(49-34-16-4-17-35-49,50-36-18-5-19-37-50)51-38-20-6-21-39-51)58(52-40-22-7-23-41-52,53-42-24-8-25-43-53)54-44-26-9-27-45-54/h1-45H. The second-order valence-corrected chi connectivity index (χ2v) is 41.1. The topological polar surface area (TPSA) is 0 Å². The zero-order valence-corrected chi connectivity index (χ0v) is 36.5. The molecule has 1 radical (unpaired) electrons. The van der Waals surface area contributed by atoms with Gasteiger partial charge in [0, 0.05) is 0 Å². The van der Waals surface area contributed by atoms with Gasteiger partial charge in [-0.3, -0.25) is 0 Å². The average molecular weight is 806 g/mol. The van der Waals surface area contributed by atoms with Crippen molar-refractivity contribution in [3.63, 3.8) is 0 Å². The number of rotatable bonds is 12. The van der Waals surface area contributed by atoms with E-state index in [2.05, 4.69) is 273 Å². The van der Waals surface area contributed by atoms with E-state index in [9.17, 15) is 0 Å².